The minimum Gasteiger partial charge on any atom is -0.299 e. The van der Waals surface area contributed by atoms with Crippen LogP contribution in [0.4, 0.5) is 0 Å². The summed E-state index contributed by atoms with van der Waals surface area (Å²) in [5, 5.41) is 0. The molecule has 1 rings (SSSR count). The van der Waals surface area contributed by atoms with Crippen molar-refractivity contribution in [2.24, 2.45) is 5.41 Å². The van der Waals surface area contributed by atoms with Crippen LogP contribution in [0.25, 0.3) is 0 Å². The van der Waals surface area contributed by atoms with Crippen LogP contribution in [-0.2, 0) is 9.59 Å². The first-order valence-electron chi connectivity index (χ1n) is 5.17. The molecule has 0 radical (unpaired) electrons. The Bertz CT molecular complexity index is 267. The standard InChI is InChI=1S/C12H18O2/c1-9(2)5-4-8-12(3)10(13)6-7-11(12)14/h5H,4,6-8H2,1-3H3. The van der Waals surface area contributed by atoms with E-state index in [-0.39, 0.29) is 11.6 Å². The van der Waals surface area contributed by atoms with Gasteiger partial charge in [0.1, 0.15) is 11.6 Å². The fraction of sp³-hybridized carbons (Fsp3) is 0.667. The van der Waals surface area contributed by atoms with Crippen molar-refractivity contribution in [3.8, 4) is 0 Å². The molecule has 78 valence electrons. The van der Waals surface area contributed by atoms with Gasteiger partial charge in [0.15, 0.2) is 0 Å². The van der Waals surface area contributed by atoms with Crippen molar-refractivity contribution in [2.75, 3.05) is 0 Å². The van der Waals surface area contributed by atoms with Crippen LogP contribution in [0.5, 0.6) is 0 Å². The Hall–Kier alpha value is -0.920. The number of rotatable bonds is 3. The van der Waals surface area contributed by atoms with Gasteiger partial charge in [-0.05, 0) is 33.6 Å². The summed E-state index contributed by atoms with van der Waals surface area (Å²) in [6, 6.07) is 0. The highest BCUT2D eigenvalue weighted by atomic mass is 16.2. The number of ketones is 2. The van der Waals surface area contributed by atoms with E-state index in [1.807, 2.05) is 13.8 Å². The van der Waals surface area contributed by atoms with Crippen LogP contribution in [0.2, 0.25) is 0 Å². The first-order chi connectivity index (χ1) is 6.47. The van der Waals surface area contributed by atoms with E-state index in [0.29, 0.717) is 19.3 Å². The Balaban J connectivity index is 2.61. The lowest BCUT2D eigenvalue weighted by molar-refractivity contribution is -0.134. The molecule has 1 aliphatic rings. The minimum atomic E-state index is -0.675. The van der Waals surface area contributed by atoms with Crippen molar-refractivity contribution >= 4 is 11.6 Å². The fourth-order valence-electron chi connectivity index (χ4n) is 1.86. The maximum absolute atomic E-state index is 11.5. The van der Waals surface area contributed by atoms with Crippen LogP contribution < -0.4 is 0 Å². The van der Waals surface area contributed by atoms with Gasteiger partial charge in [0.05, 0.1) is 5.41 Å². The van der Waals surface area contributed by atoms with Crippen LogP contribution in [0, 0.1) is 5.41 Å². The van der Waals surface area contributed by atoms with Gasteiger partial charge >= 0.3 is 0 Å². The van der Waals surface area contributed by atoms with Crippen LogP contribution in [-0.4, -0.2) is 11.6 Å². The largest absolute Gasteiger partial charge is 0.299 e. The molecule has 1 saturated carbocycles. The molecular weight excluding hydrogens is 176 g/mol. The zero-order valence-corrected chi connectivity index (χ0v) is 9.22. The molecular formula is C12H18O2. The van der Waals surface area contributed by atoms with Gasteiger partial charge in [-0.15, -0.1) is 0 Å². The van der Waals surface area contributed by atoms with Crippen LogP contribution in [0.3, 0.4) is 0 Å². The summed E-state index contributed by atoms with van der Waals surface area (Å²) >= 11 is 0. The van der Waals surface area contributed by atoms with Crippen molar-refractivity contribution in [3.63, 3.8) is 0 Å². The summed E-state index contributed by atoms with van der Waals surface area (Å²) in [5.41, 5.74) is 0.567. The fourth-order valence-corrected chi connectivity index (χ4v) is 1.86. The molecule has 1 aliphatic carbocycles. The third-order valence-corrected chi connectivity index (χ3v) is 3.01. The molecule has 0 amide bonds. The highest BCUT2D eigenvalue weighted by Crippen LogP contribution is 2.35. The summed E-state index contributed by atoms with van der Waals surface area (Å²) < 4.78 is 0. The maximum atomic E-state index is 11.5. The number of hydrogen-bond donors (Lipinski definition) is 0. The summed E-state index contributed by atoms with van der Waals surface area (Å²) in [6.45, 7) is 5.85. The molecule has 0 aromatic carbocycles. The second kappa shape index (κ2) is 4.07. The van der Waals surface area contributed by atoms with Gasteiger partial charge in [0, 0.05) is 12.8 Å². The third kappa shape index (κ3) is 2.11. The van der Waals surface area contributed by atoms with Crippen molar-refractivity contribution in [1.29, 1.82) is 0 Å². The van der Waals surface area contributed by atoms with E-state index in [4.69, 9.17) is 0 Å². The topological polar surface area (TPSA) is 34.1 Å². The van der Waals surface area contributed by atoms with Gasteiger partial charge in [-0.3, -0.25) is 9.59 Å². The quantitative estimate of drug-likeness (QED) is 0.511. The van der Waals surface area contributed by atoms with Gasteiger partial charge in [0.25, 0.3) is 0 Å². The number of allylic oxidation sites excluding steroid dienone is 2. The monoisotopic (exact) mass is 194 g/mol. The average Bonchev–Trinajstić information content (AvgIpc) is 2.33. The molecule has 2 nitrogen and oxygen atoms in total. The maximum Gasteiger partial charge on any atom is 0.146 e. The van der Waals surface area contributed by atoms with Gasteiger partial charge < -0.3 is 0 Å². The summed E-state index contributed by atoms with van der Waals surface area (Å²) in [5.74, 6) is 0.259. The zero-order chi connectivity index (χ0) is 10.8. The van der Waals surface area contributed by atoms with E-state index in [0.717, 1.165) is 6.42 Å². The lowest BCUT2D eigenvalue weighted by atomic mass is 9.82. The molecule has 0 aliphatic heterocycles. The average molecular weight is 194 g/mol. The Morgan fingerprint density at radius 1 is 1.29 bits per heavy atom. The minimum absolute atomic E-state index is 0.129. The smallest absolute Gasteiger partial charge is 0.146 e. The second-order valence-electron chi connectivity index (χ2n) is 4.50. The Kier molecular flexibility index (Phi) is 3.25. The van der Waals surface area contributed by atoms with Gasteiger partial charge in [-0.25, -0.2) is 0 Å². The van der Waals surface area contributed by atoms with E-state index >= 15 is 0 Å². The van der Waals surface area contributed by atoms with Gasteiger partial charge in [0.2, 0.25) is 0 Å². The molecule has 0 N–H and O–H groups in total. The second-order valence-corrected chi connectivity index (χ2v) is 4.50. The van der Waals surface area contributed by atoms with E-state index in [2.05, 4.69) is 6.08 Å². The van der Waals surface area contributed by atoms with Gasteiger partial charge in [-0.1, -0.05) is 11.6 Å². The predicted molar refractivity (Wildman–Crippen MR) is 56.0 cm³/mol. The van der Waals surface area contributed by atoms with Gasteiger partial charge in [-0.2, -0.15) is 0 Å². The normalized spacial score (nSPS) is 19.9. The van der Waals surface area contributed by atoms with Crippen LogP contribution in [0.15, 0.2) is 11.6 Å². The molecule has 0 saturated heterocycles. The Morgan fingerprint density at radius 2 is 1.79 bits per heavy atom. The van der Waals surface area contributed by atoms with E-state index < -0.39 is 5.41 Å². The zero-order valence-electron chi connectivity index (χ0n) is 9.22. The van der Waals surface area contributed by atoms with Crippen molar-refractivity contribution in [3.05, 3.63) is 11.6 Å². The summed E-state index contributed by atoms with van der Waals surface area (Å²) in [6.07, 6.45) is 4.49. The molecule has 0 heterocycles. The van der Waals surface area contributed by atoms with E-state index in [1.54, 1.807) is 6.92 Å². The molecule has 2 heteroatoms. The first kappa shape index (κ1) is 11.2. The highest BCUT2D eigenvalue weighted by Gasteiger charge is 2.44. The predicted octanol–water partition coefficient (Wildman–Crippen LogP) is 2.67. The van der Waals surface area contributed by atoms with Crippen LogP contribution >= 0.6 is 0 Å². The number of carbonyl (C=O) groups is 2. The third-order valence-electron chi connectivity index (χ3n) is 3.01. The summed E-state index contributed by atoms with van der Waals surface area (Å²) in [4.78, 5) is 23.1. The van der Waals surface area contributed by atoms with E-state index in [1.165, 1.54) is 5.57 Å². The van der Waals surface area contributed by atoms with Crippen molar-refractivity contribution < 1.29 is 9.59 Å². The number of Topliss-reactive ketones (excluding diaryl/α,β-unsaturated/α-hetero) is 2. The van der Waals surface area contributed by atoms with Crippen molar-refractivity contribution in [2.45, 2.75) is 46.5 Å². The lowest BCUT2D eigenvalue weighted by Gasteiger charge is -2.18. The molecule has 0 aromatic rings. The van der Waals surface area contributed by atoms with Crippen molar-refractivity contribution in [1.82, 2.24) is 0 Å². The first-order valence-corrected chi connectivity index (χ1v) is 5.17. The molecule has 0 unspecified atom stereocenters. The molecule has 14 heavy (non-hydrogen) atoms. The lowest BCUT2D eigenvalue weighted by Crippen LogP contribution is -2.28. The molecule has 0 atom stereocenters. The number of carbonyl (C=O) groups excluding carboxylic acids is 2. The summed E-state index contributed by atoms with van der Waals surface area (Å²) in [7, 11) is 0. The number of hydrogen-bond acceptors (Lipinski definition) is 2. The Morgan fingerprint density at radius 3 is 2.21 bits per heavy atom. The van der Waals surface area contributed by atoms with Crippen LogP contribution in [0.1, 0.15) is 46.5 Å². The molecule has 0 spiro atoms. The molecule has 0 bridgehead atoms. The SMILES string of the molecule is CC(C)=CCCC1(C)C(=O)CCC1=O. The highest BCUT2D eigenvalue weighted by molar-refractivity contribution is 6.12. The molecule has 0 aromatic heterocycles. The Labute approximate surface area is 85.4 Å². The molecule has 1 fully saturated rings. The van der Waals surface area contributed by atoms with E-state index in [9.17, 15) is 9.59 Å².